The van der Waals surface area contributed by atoms with Crippen LogP contribution in [-0.4, -0.2) is 34.6 Å². The first-order valence-electron chi connectivity index (χ1n) is 3.45. The Hall–Kier alpha value is -0.0400. The summed E-state index contributed by atoms with van der Waals surface area (Å²) in [6, 6.07) is -1.69. The van der Waals surface area contributed by atoms with E-state index in [1.807, 2.05) is 0 Å². The minimum Gasteiger partial charge on any atom is -0.395 e. The smallest absolute Gasteiger partial charge is 0.395 e. The van der Waals surface area contributed by atoms with Crippen LogP contribution in [0.1, 0.15) is 13.3 Å². The Bertz CT molecular complexity index is 155. The Balaban J connectivity index is 0. The lowest BCUT2D eigenvalue weighted by Crippen LogP contribution is -2.59. The third kappa shape index (κ3) is 2.98. The fraction of sp³-hybridized carbons (Fsp3) is 1.00. The van der Waals surface area contributed by atoms with Gasteiger partial charge in [-0.05, 0) is 6.42 Å². The van der Waals surface area contributed by atoms with Gasteiger partial charge in [0, 0.05) is 0 Å². The Morgan fingerprint density at radius 1 is 1.38 bits per heavy atom. The molecule has 2 atom stereocenters. The number of aliphatic hydroxyl groups is 2. The Morgan fingerprint density at radius 2 is 1.77 bits per heavy atom. The summed E-state index contributed by atoms with van der Waals surface area (Å²) in [6.45, 7) is 0.257. The van der Waals surface area contributed by atoms with Gasteiger partial charge in [-0.25, -0.2) is 0 Å². The van der Waals surface area contributed by atoms with Gasteiger partial charge >= 0.3 is 6.18 Å². The van der Waals surface area contributed by atoms with Crippen LogP contribution in [0.5, 0.6) is 0 Å². The van der Waals surface area contributed by atoms with E-state index in [1.165, 1.54) is 0 Å². The molecule has 0 aromatic heterocycles. The molecule has 4 N–H and O–H groups in total. The van der Waals surface area contributed by atoms with E-state index in [2.05, 4.69) is 0 Å². The molecule has 0 bridgehead atoms. The Kier molecular flexibility index (Phi) is 5.93. The van der Waals surface area contributed by atoms with Gasteiger partial charge in [-0.2, -0.15) is 13.2 Å². The van der Waals surface area contributed by atoms with Gasteiger partial charge in [-0.15, -0.1) is 12.4 Å². The molecule has 0 aromatic carbocycles. The highest BCUT2D eigenvalue weighted by atomic mass is 35.5. The standard InChI is InChI=1S/C6H12F3NO2.ClH/c1-2-5(12,4(10)3-11)6(7,8)9;/h4,11-12H,2-3,10H2,1H3;1H. The summed E-state index contributed by atoms with van der Waals surface area (Å²) in [5.41, 5.74) is 1.94. The molecule has 0 aliphatic rings. The maximum Gasteiger partial charge on any atom is 0.418 e. The van der Waals surface area contributed by atoms with Gasteiger partial charge in [0.25, 0.3) is 0 Å². The van der Waals surface area contributed by atoms with Crippen LogP contribution >= 0.6 is 12.4 Å². The van der Waals surface area contributed by atoms with Crippen LogP contribution in [0, 0.1) is 0 Å². The molecule has 0 heterocycles. The van der Waals surface area contributed by atoms with Gasteiger partial charge in [-0.3, -0.25) is 0 Å². The average molecular weight is 224 g/mol. The molecule has 0 rings (SSSR count). The summed E-state index contributed by atoms with van der Waals surface area (Å²) in [5.74, 6) is 0. The molecule has 13 heavy (non-hydrogen) atoms. The monoisotopic (exact) mass is 223 g/mol. The quantitative estimate of drug-likeness (QED) is 0.650. The van der Waals surface area contributed by atoms with Crippen molar-refractivity contribution in [2.45, 2.75) is 31.2 Å². The number of aliphatic hydroxyl groups excluding tert-OH is 1. The molecule has 82 valence electrons. The fourth-order valence-electron chi connectivity index (χ4n) is 0.824. The van der Waals surface area contributed by atoms with Crippen molar-refractivity contribution >= 4 is 12.4 Å². The lowest BCUT2D eigenvalue weighted by atomic mass is 9.92. The van der Waals surface area contributed by atoms with E-state index in [0.717, 1.165) is 6.92 Å². The number of halogens is 4. The van der Waals surface area contributed by atoms with E-state index in [4.69, 9.17) is 15.9 Å². The van der Waals surface area contributed by atoms with Crippen molar-refractivity contribution in [3.05, 3.63) is 0 Å². The van der Waals surface area contributed by atoms with E-state index in [9.17, 15) is 13.2 Å². The van der Waals surface area contributed by atoms with Crippen LogP contribution in [0.2, 0.25) is 0 Å². The number of hydrogen-bond donors (Lipinski definition) is 3. The zero-order valence-electron chi connectivity index (χ0n) is 7.01. The summed E-state index contributed by atoms with van der Waals surface area (Å²) in [6.07, 6.45) is -5.37. The third-order valence-corrected chi connectivity index (χ3v) is 1.84. The number of nitrogens with two attached hydrogens (primary N) is 1. The Morgan fingerprint density at radius 3 is 1.85 bits per heavy atom. The van der Waals surface area contributed by atoms with E-state index in [0.29, 0.717) is 0 Å². The molecule has 0 spiro atoms. The second-order valence-corrected chi connectivity index (χ2v) is 2.56. The molecule has 0 saturated carbocycles. The summed E-state index contributed by atoms with van der Waals surface area (Å²) in [7, 11) is 0. The van der Waals surface area contributed by atoms with Gasteiger partial charge in [0.2, 0.25) is 0 Å². The highest BCUT2D eigenvalue weighted by molar-refractivity contribution is 5.85. The second kappa shape index (κ2) is 4.99. The largest absolute Gasteiger partial charge is 0.418 e. The lowest BCUT2D eigenvalue weighted by Gasteiger charge is -2.33. The van der Waals surface area contributed by atoms with Crippen LogP contribution in [0.4, 0.5) is 13.2 Å². The van der Waals surface area contributed by atoms with Crippen molar-refractivity contribution in [1.29, 1.82) is 0 Å². The molecule has 0 radical (unpaired) electrons. The fourth-order valence-corrected chi connectivity index (χ4v) is 0.824. The van der Waals surface area contributed by atoms with Crippen molar-refractivity contribution < 1.29 is 23.4 Å². The van der Waals surface area contributed by atoms with E-state index in [-0.39, 0.29) is 12.4 Å². The summed E-state index contributed by atoms with van der Waals surface area (Å²) < 4.78 is 36.3. The minimum atomic E-state index is -4.80. The maximum absolute atomic E-state index is 12.1. The van der Waals surface area contributed by atoms with Gasteiger partial charge < -0.3 is 15.9 Å². The van der Waals surface area contributed by atoms with Crippen LogP contribution in [-0.2, 0) is 0 Å². The molecular weight excluding hydrogens is 211 g/mol. The van der Waals surface area contributed by atoms with E-state index >= 15 is 0 Å². The van der Waals surface area contributed by atoms with Gasteiger partial charge in [0.15, 0.2) is 5.60 Å². The van der Waals surface area contributed by atoms with Gasteiger partial charge in [-0.1, -0.05) is 6.92 Å². The van der Waals surface area contributed by atoms with E-state index in [1.54, 1.807) is 0 Å². The molecule has 0 aliphatic carbocycles. The second-order valence-electron chi connectivity index (χ2n) is 2.56. The predicted molar refractivity (Wildman–Crippen MR) is 43.6 cm³/mol. The van der Waals surface area contributed by atoms with Crippen LogP contribution in [0.25, 0.3) is 0 Å². The first-order valence-corrected chi connectivity index (χ1v) is 3.45. The summed E-state index contributed by atoms with van der Waals surface area (Å²) in [5, 5.41) is 17.4. The Labute approximate surface area is 80.1 Å². The van der Waals surface area contributed by atoms with Crippen molar-refractivity contribution in [2.24, 2.45) is 5.73 Å². The van der Waals surface area contributed by atoms with Gasteiger partial charge in [0.1, 0.15) is 0 Å². The number of alkyl halides is 3. The topological polar surface area (TPSA) is 66.5 Å². The molecule has 0 fully saturated rings. The third-order valence-electron chi connectivity index (χ3n) is 1.84. The highest BCUT2D eigenvalue weighted by Crippen LogP contribution is 2.34. The summed E-state index contributed by atoms with van der Waals surface area (Å²) in [4.78, 5) is 0. The predicted octanol–water partition coefficient (Wildman–Crippen LogP) is 0.431. The molecule has 0 aliphatic heterocycles. The van der Waals surface area contributed by atoms with Crippen LogP contribution in [0.3, 0.4) is 0 Å². The highest BCUT2D eigenvalue weighted by Gasteiger charge is 2.55. The molecule has 2 unspecified atom stereocenters. The van der Waals surface area contributed by atoms with Crippen molar-refractivity contribution in [3.8, 4) is 0 Å². The average Bonchev–Trinajstić information content (AvgIpc) is 1.99. The number of rotatable bonds is 3. The molecular formula is C6H13ClF3NO2. The normalized spacial score (nSPS) is 18.7. The first-order chi connectivity index (χ1) is 5.29. The van der Waals surface area contributed by atoms with Gasteiger partial charge in [0.05, 0.1) is 12.6 Å². The minimum absolute atomic E-state index is 0. The van der Waals surface area contributed by atoms with Crippen molar-refractivity contribution in [3.63, 3.8) is 0 Å². The molecule has 7 heteroatoms. The van der Waals surface area contributed by atoms with E-state index < -0.39 is 30.8 Å². The van der Waals surface area contributed by atoms with Crippen LogP contribution < -0.4 is 5.73 Å². The van der Waals surface area contributed by atoms with Crippen LogP contribution in [0.15, 0.2) is 0 Å². The zero-order chi connectivity index (χ0) is 9.99. The molecule has 0 amide bonds. The first kappa shape index (κ1) is 15.4. The van der Waals surface area contributed by atoms with Crippen molar-refractivity contribution in [1.82, 2.24) is 0 Å². The zero-order valence-corrected chi connectivity index (χ0v) is 7.82. The SMILES string of the molecule is CCC(O)(C(N)CO)C(F)(F)F.Cl. The lowest BCUT2D eigenvalue weighted by molar-refractivity contribution is -0.270. The molecule has 0 saturated heterocycles. The maximum atomic E-state index is 12.1. The molecule has 3 nitrogen and oxygen atoms in total. The van der Waals surface area contributed by atoms with Crippen molar-refractivity contribution in [2.75, 3.05) is 6.61 Å². The summed E-state index contributed by atoms with van der Waals surface area (Å²) >= 11 is 0. The molecule has 0 aromatic rings. The number of hydrogen-bond acceptors (Lipinski definition) is 3.